The molecule has 0 radical (unpaired) electrons. The van der Waals surface area contributed by atoms with E-state index in [1.54, 1.807) is 0 Å². The van der Waals surface area contributed by atoms with Crippen LogP contribution in [0.1, 0.15) is 13.3 Å². The second kappa shape index (κ2) is 3.32. The van der Waals surface area contributed by atoms with E-state index in [2.05, 4.69) is 5.32 Å². The molecular weight excluding hydrogens is 130 g/mol. The van der Waals surface area contributed by atoms with Gasteiger partial charge in [-0.3, -0.25) is 0 Å². The molecule has 0 aromatic rings. The lowest BCUT2D eigenvalue weighted by molar-refractivity contribution is 0.0579. The van der Waals surface area contributed by atoms with E-state index in [1.807, 2.05) is 6.92 Å². The predicted octanol–water partition coefficient (Wildman–Crippen LogP) is -0.662. The third kappa shape index (κ3) is 1.68. The van der Waals surface area contributed by atoms with Gasteiger partial charge in [0.1, 0.15) is 0 Å². The van der Waals surface area contributed by atoms with Crippen molar-refractivity contribution in [3.8, 4) is 0 Å². The molecule has 3 atom stereocenters. The third-order valence-electron chi connectivity index (χ3n) is 2.14. The zero-order chi connectivity index (χ0) is 7.56. The van der Waals surface area contributed by atoms with Gasteiger partial charge >= 0.3 is 0 Å². The van der Waals surface area contributed by atoms with Crippen LogP contribution in [0.2, 0.25) is 0 Å². The summed E-state index contributed by atoms with van der Waals surface area (Å²) >= 11 is 0. The molecule has 0 bridgehead atoms. The van der Waals surface area contributed by atoms with Crippen LogP contribution in [0, 0.1) is 5.92 Å². The Morgan fingerprint density at radius 1 is 1.60 bits per heavy atom. The Morgan fingerprint density at radius 3 is 2.80 bits per heavy atom. The molecule has 1 aliphatic heterocycles. The largest absolute Gasteiger partial charge is 0.396 e. The minimum absolute atomic E-state index is 0.177. The average Bonchev–Trinajstić information content (AvgIpc) is 1.95. The Labute approximate surface area is 61.1 Å². The lowest BCUT2D eigenvalue weighted by atomic mass is 9.94. The fraction of sp³-hybridized carbons (Fsp3) is 1.00. The second-order valence-electron chi connectivity index (χ2n) is 3.05. The summed E-state index contributed by atoms with van der Waals surface area (Å²) in [5.74, 6) is 0.242. The molecule has 10 heavy (non-hydrogen) atoms. The topological polar surface area (TPSA) is 52.5 Å². The Bertz CT molecular complexity index is 108. The maximum absolute atomic E-state index is 9.31. The smallest absolute Gasteiger partial charge is 0.0694 e. The molecule has 0 aromatic carbocycles. The number of piperidine rings is 1. The van der Waals surface area contributed by atoms with Gasteiger partial charge in [-0.2, -0.15) is 0 Å². The van der Waals surface area contributed by atoms with Crippen LogP contribution < -0.4 is 5.32 Å². The molecule has 1 fully saturated rings. The van der Waals surface area contributed by atoms with Gasteiger partial charge in [-0.25, -0.2) is 0 Å². The van der Waals surface area contributed by atoms with Crippen LogP contribution in [-0.4, -0.2) is 35.5 Å². The molecule has 0 aliphatic carbocycles. The molecule has 3 unspecified atom stereocenters. The van der Waals surface area contributed by atoms with Gasteiger partial charge < -0.3 is 15.5 Å². The van der Waals surface area contributed by atoms with Gasteiger partial charge in [-0.05, 0) is 19.3 Å². The fourth-order valence-corrected chi connectivity index (χ4v) is 1.26. The third-order valence-corrected chi connectivity index (χ3v) is 2.14. The number of hydrogen-bond acceptors (Lipinski definition) is 3. The molecule has 60 valence electrons. The number of aliphatic hydroxyl groups is 2. The molecule has 1 heterocycles. The average molecular weight is 145 g/mol. The van der Waals surface area contributed by atoms with Crippen molar-refractivity contribution < 1.29 is 10.2 Å². The Morgan fingerprint density at radius 2 is 2.30 bits per heavy atom. The van der Waals surface area contributed by atoms with Crippen molar-refractivity contribution in [2.75, 3.05) is 13.2 Å². The summed E-state index contributed by atoms with van der Waals surface area (Å²) in [6, 6.07) is 0.183. The zero-order valence-corrected chi connectivity index (χ0v) is 6.25. The number of rotatable bonds is 1. The van der Waals surface area contributed by atoms with Crippen LogP contribution >= 0.6 is 0 Å². The molecule has 0 spiro atoms. The monoisotopic (exact) mass is 145 g/mol. The highest BCUT2D eigenvalue weighted by Crippen LogP contribution is 2.13. The van der Waals surface area contributed by atoms with Gasteiger partial charge in [0.15, 0.2) is 0 Å². The maximum Gasteiger partial charge on any atom is 0.0694 e. The molecule has 1 rings (SSSR count). The molecular formula is C7H15NO2. The first kappa shape index (κ1) is 7.98. The van der Waals surface area contributed by atoms with Crippen molar-refractivity contribution in [2.45, 2.75) is 25.5 Å². The SMILES string of the molecule is CC1NCC(CO)CC1O. The highest BCUT2D eigenvalue weighted by atomic mass is 16.3. The van der Waals surface area contributed by atoms with E-state index >= 15 is 0 Å². The quantitative estimate of drug-likeness (QED) is 0.459. The van der Waals surface area contributed by atoms with Gasteiger partial charge in [0.25, 0.3) is 0 Å². The van der Waals surface area contributed by atoms with Crippen LogP contribution in [0.5, 0.6) is 0 Å². The molecule has 0 aromatic heterocycles. The highest BCUT2D eigenvalue weighted by molar-refractivity contribution is 4.81. The molecule has 3 nitrogen and oxygen atoms in total. The van der Waals surface area contributed by atoms with Gasteiger partial charge in [0.05, 0.1) is 6.10 Å². The molecule has 3 N–H and O–H groups in total. The van der Waals surface area contributed by atoms with E-state index < -0.39 is 0 Å². The van der Waals surface area contributed by atoms with Crippen molar-refractivity contribution in [2.24, 2.45) is 5.92 Å². The molecule has 1 aliphatic rings. The summed E-state index contributed by atoms with van der Waals surface area (Å²) in [4.78, 5) is 0. The maximum atomic E-state index is 9.31. The highest BCUT2D eigenvalue weighted by Gasteiger charge is 2.24. The Hall–Kier alpha value is -0.120. The first-order valence-corrected chi connectivity index (χ1v) is 3.76. The van der Waals surface area contributed by atoms with Crippen molar-refractivity contribution in [1.29, 1.82) is 0 Å². The summed E-state index contributed by atoms with van der Waals surface area (Å²) in [6.45, 7) is 2.96. The Balaban J connectivity index is 2.33. The van der Waals surface area contributed by atoms with Gasteiger partial charge in [0, 0.05) is 19.2 Å². The van der Waals surface area contributed by atoms with E-state index in [9.17, 15) is 5.11 Å². The minimum atomic E-state index is -0.286. The summed E-state index contributed by atoms with van der Waals surface area (Å²) in [5, 5.41) is 21.2. The van der Waals surface area contributed by atoms with E-state index in [1.165, 1.54) is 0 Å². The van der Waals surface area contributed by atoms with E-state index in [0.29, 0.717) is 0 Å². The lowest BCUT2D eigenvalue weighted by Crippen LogP contribution is -2.47. The number of nitrogens with one attached hydrogen (secondary N) is 1. The van der Waals surface area contributed by atoms with Crippen LogP contribution in [0.15, 0.2) is 0 Å². The first-order valence-electron chi connectivity index (χ1n) is 3.76. The predicted molar refractivity (Wildman–Crippen MR) is 38.7 cm³/mol. The van der Waals surface area contributed by atoms with Crippen molar-refractivity contribution in [1.82, 2.24) is 5.32 Å². The van der Waals surface area contributed by atoms with Crippen LogP contribution in [0.4, 0.5) is 0 Å². The summed E-state index contributed by atoms with van der Waals surface area (Å²) < 4.78 is 0. The van der Waals surface area contributed by atoms with E-state index in [4.69, 9.17) is 5.11 Å². The molecule has 3 heteroatoms. The molecule has 1 saturated heterocycles. The second-order valence-corrected chi connectivity index (χ2v) is 3.05. The summed E-state index contributed by atoms with van der Waals surface area (Å²) in [7, 11) is 0. The fourth-order valence-electron chi connectivity index (χ4n) is 1.26. The van der Waals surface area contributed by atoms with Gasteiger partial charge in [-0.15, -0.1) is 0 Å². The van der Waals surface area contributed by atoms with Crippen LogP contribution in [0.3, 0.4) is 0 Å². The van der Waals surface area contributed by atoms with Gasteiger partial charge in [-0.1, -0.05) is 0 Å². The minimum Gasteiger partial charge on any atom is -0.396 e. The standard InChI is InChI=1S/C7H15NO2/c1-5-7(10)2-6(4-9)3-8-5/h5-10H,2-4H2,1H3. The molecule has 0 saturated carbocycles. The lowest BCUT2D eigenvalue weighted by Gasteiger charge is -2.30. The normalized spacial score (nSPS) is 41.7. The summed E-state index contributed by atoms with van der Waals surface area (Å²) in [5.41, 5.74) is 0. The Kier molecular flexibility index (Phi) is 2.65. The molecule has 0 amide bonds. The number of hydrogen-bond donors (Lipinski definition) is 3. The summed E-state index contributed by atoms with van der Waals surface area (Å²) in [6.07, 6.45) is 0.441. The van der Waals surface area contributed by atoms with Crippen LogP contribution in [-0.2, 0) is 0 Å². The van der Waals surface area contributed by atoms with Crippen molar-refractivity contribution >= 4 is 0 Å². The van der Waals surface area contributed by atoms with Crippen molar-refractivity contribution in [3.63, 3.8) is 0 Å². The zero-order valence-electron chi connectivity index (χ0n) is 6.25. The van der Waals surface area contributed by atoms with Crippen LogP contribution in [0.25, 0.3) is 0 Å². The first-order chi connectivity index (χ1) is 4.74. The number of aliphatic hydroxyl groups excluding tert-OH is 2. The van der Waals surface area contributed by atoms with E-state index in [-0.39, 0.29) is 24.7 Å². The van der Waals surface area contributed by atoms with Crippen molar-refractivity contribution in [3.05, 3.63) is 0 Å². The van der Waals surface area contributed by atoms with E-state index in [0.717, 1.165) is 13.0 Å². The van der Waals surface area contributed by atoms with Gasteiger partial charge in [0.2, 0.25) is 0 Å².